The van der Waals surface area contributed by atoms with Gasteiger partial charge in [0.1, 0.15) is 0 Å². The number of hydrogen-bond acceptors (Lipinski definition) is 5. The largest absolute Gasteiger partial charge is 0.347 e. The van der Waals surface area contributed by atoms with Gasteiger partial charge in [-0.3, -0.25) is 9.59 Å². The predicted octanol–water partition coefficient (Wildman–Crippen LogP) is 2.42. The molecule has 0 aliphatic carbocycles. The third-order valence-corrected chi connectivity index (χ3v) is 4.31. The van der Waals surface area contributed by atoms with E-state index in [-0.39, 0.29) is 11.8 Å². The molecule has 2 amide bonds. The van der Waals surface area contributed by atoms with Crippen molar-refractivity contribution in [3.8, 4) is 0 Å². The second-order valence-corrected chi connectivity index (χ2v) is 6.55. The molecule has 1 aromatic heterocycles. The first kappa shape index (κ1) is 17.8. The van der Waals surface area contributed by atoms with E-state index in [0.29, 0.717) is 22.8 Å². The number of rotatable bonds is 4. The van der Waals surface area contributed by atoms with Crippen molar-refractivity contribution >= 4 is 23.5 Å². The lowest BCUT2D eigenvalue weighted by molar-refractivity contribution is 0.0724. The molecule has 0 atom stereocenters. The lowest BCUT2D eigenvalue weighted by Gasteiger charge is -2.26. The molecule has 2 heterocycles. The first-order valence-electron chi connectivity index (χ1n) is 8.74. The van der Waals surface area contributed by atoms with Crippen molar-refractivity contribution in [2.75, 3.05) is 37.4 Å². The number of nitrogens with one attached hydrogen (secondary N) is 1. The molecule has 7 heteroatoms. The number of likely N-dealkylation sites (tertiary alicyclic amines) is 1. The number of hydrogen-bond donors (Lipinski definition) is 1. The molecule has 0 unspecified atom stereocenters. The fraction of sp³-hybridized carbons (Fsp3) is 0.368. The molecule has 1 aliphatic rings. The molecule has 0 saturated carbocycles. The number of anilines is 2. The van der Waals surface area contributed by atoms with Gasteiger partial charge in [0.15, 0.2) is 0 Å². The van der Waals surface area contributed by atoms with Gasteiger partial charge < -0.3 is 15.1 Å². The molecular weight excluding hydrogens is 330 g/mol. The Hall–Kier alpha value is -2.96. The first-order chi connectivity index (χ1) is 12.5. The fourth-order valence-corrected chi connectivity index (χ4v) is 2.88. The van der Waals surface area contributed by atoms with Crippen LogP contribution in [-0.2, 0) is 0 Å². The second kappa shape index (κ2) is 7.95. The summed E-state index contributed by atoms with van der Waals surface area (Å²) < 4.78 is 0. The van der Waals surface area contributed by atoms with Gasteiger partial charge in [-0.25, -0.2) is 9.97 Å². The number of carbonyl (C=O) groups is 2. The van der Waals surface area contributed by atoms with Crippen LogP contribution in [-0.4, -0.2) is 53.9 Å². The SMILES string of the molecule is CN(C)c1ncc(C(=O)Nc2cccc(C(=O)N3CCCCC3)c2)cn1. The average Bonchev–Trinajstić information content (AvgIpc) is 2.68. The first-order valence-corrected chi connectivity index (χ1v) is 8.74. The van der Waals surface area contributed by atoms with Crippen LogP contribution in [0.15, 0.2) is 36.7 Å². The van der Waals surface area contributed by atoms with E-state index >= 15 is 0 Å². The van der Waals surface area contributed by atoms with E-state index in [1.807, 2.05) is 19.0 Å². The molecule has 136 valence electrons. The molecule has 0 bridgehead atoms. The van der Waals surface area contributed by atoms with Gasteiger partial charge in [0, 0.05) is 50.8 Å². The molecule has 0 radical (unpaired) electrons. The zero-order valence-corrected chi connectivity index (χ0v) is 15.1. The van der Waals surface area contributed by atoms with Crippen LogP contribution in [0.2, 0.25) is 0 Å². The van der Waals surface area contributed by atoms with Crippen molar-refractivity contribution in [1.29, 1.82) is 0 Å². The Morgan fingerprint density at radius 3 is 2.38 bits per heavy atom. The van der Waals surface area contributed by atoms with Crippen LogP contribution in [0.3, 0.4) is 0 Å². The molecule has 1 saturated heterocycles. The van der Waals surface area contributed by atoms with E-state index in [1.54, 1.807) is 29.2 Å². The molecule has 3 rings (SSSR count). The third-order valence-electron chi connectivity index (χ3n) is 4.31. The molecule has 1 N–H and O–H groups in total. The Kier molecular flexibility index (Phi) is 5.46. The Labute approximate surface area is 153 Å². The van der Waals surface area contributed by atoms with Gasteiger partial charge in [-0.05, 0) is 37.5 Å². The Morgan fingerprint density at radius 1 is 1.04 bits per heavy atom. The summed E-state index contributed by atoms with van der Waals surface area (Å²) in [5.74, 6) is 0.244. The van der Waals surface area contributed by atoms with Gasteiger partial charge in [-0.15, -0.1) is 0 Å². The summed E-state index contributed by atoms with van der Waals surface area (Å²) in [6.45, 7) is 1.59. The predicted molar refractivity (Wildman–Crippen MR) is 101 cm³/mol. The Morgan fingerprint density at radius 2 is 1.73 bits per heavy atom. The summed E-state index contributed by atoms with van der Waals surface area (Å²) in [5.41, 5.74) is 1.53. The van der Waals surface area contributed by atoms with Crippen LogP contribution < -0.4 is 10.2 Å². The van der Waals surface area contributed by atoms with E-state index in [0.717, 1.165) is 25.9 Å². The highest BCUT2D eigenvalue weighted by molar-refractivity contribution is 6.04. The van der Waals surface area contributed by atoms with Gasteiger partial charge in [0.25, 0.3) is 11.8 Å². The zero-order chi connectivity index (χ0) is 18.5. The van der Waals surface area contributed by atoms with E-state index in [9.17, 15) is 9.59 Å². The van der Waals surface area contributed by atoms with E-state index in [2.05, 4.69) is 15.3 Å². The lowest BCUT2D eigenvalue weighted by Crippen LogP contribution is -2.35. The van der Waals surface area contributed by atoms with E-state index in [1.165, 1.54) is 18.8 Å². The van der Waals surface area contributed by atoms with Gasteiger partial charge in [0.2, 0.25) is 5.95 Å². The molecule has 0 spiro atoms. The molecule has 26 heavy (non-hydrogen) atoms. The minimum Gasteiger partial charge on any atom is -0.347 e. The van der Waals surface area contributed by atoms with E-state index < -0.39 is 0 Å². The van der Waals surface area contributed by atoms with Crippen molar-refractivity contribution in [2.45, 2.75) is 19.3 Å². The maximum absolute atomic E-state index is 12.6. The molecule has 1 aliphatic heterocycles. The Bertz CT molecular complexity index is 783. The van der Waals surface area contributed by atoms with Crippen LogP contribution >= 0.6 is 0 Å². The standard InChI is InChI=1S/C19H23N5O2/c1-23(2)19-20-12-15(13-21-19)17(25)22-16-8-6-7-14(11-16)18(26)24-9-4-3-5-10-24/h6-8,11-13H,3-5,9-10H2,1-2H3,(H,22,25). The topological polar surface area (TPSA) is 78.4 Å². The van der Waals surface area contributed by atoms with Crippen molar-refractivity contribution in [3.63, 3.8) is 0 Å². The highest BCUT2D eigenvalue weighted by Gasteiger charge is 2.18. The minimum absolute atomic E-state index is 0.0134. The summed E-state index contributed by atoms with van der Waals surface area (Å²) in [6, 6.07) is 7.03. The quantitative estimate of drug-likeness (QED) is 0.913. The highest BCUT2D eigenvalue weighted by Crippen LogP contribution is 2.17. The number of nitrogens with zero attached hydrogens (tertiary/aromatic N) is 4. The summed E-state index contributed by atoms with van der Waals surface area (Å²) in [6.07, 6.45) is 6.24. The van der Waals surface area contributed by atoms with Gasteiger partial charge in [-0.1, -0.05) is 6.07 Å². The van der Waals surface area contributed by atoms with Crippen molar-refractivity contribution < 1.29 is 9.59 Å². The number of amides is 2. The molecule has 7 nitrogen and oxygen atoms in total. The summed E-state index contributed by atoms with van der Waals surface area (Å²) >= 11 is 0. The van der Waals surface area contributed by atoms with Crippen LogP contribution in [0.25, 0.3) is 0 Å². The minimum atomic E-state index is -0.308. The van der Waals surface area contributed by atoms with Crippen molar-refractivity contribution in [1.82, 2.24) is 14.9 Å². The lowest BCUT2D eigenvalue weighted by atomic mass is 10.1. The van der Waals surface area contributed by atoms with Gasteiger partial charge in [0.05, 0.1) is 5.56 Å². The van der Waals surface area contributed by atoms with Crippen LogP contribution in [0.1, 0.15) is 40.0 Å². The molecule has 1 fully saturated rings. The third kappa shape index (κ3) is 4.17. The average molecular weight is 353 g/mol. The number of piperidine rings is 1. The molecule has 1 aromatic carbocycles. The number of carbonyl (C=O) groups excluding carboxylic acids is 2. The number of aromatic nitrogens is 2. The highest BCUT2D eigenvalue weighted by atomic mass is 16.2. The fourth-order valence-electron chi connectivity index (χ4n) is 2.88. The zero-order valence-electron chi connectivity index (χ0n) is 15.1. The monoisotopic (exact) mass is 353 g/mol. The molecule has 2 aromatic rings. The Balaban J connectivity index is 1.69. The van der Waals surface area contributed by atoms with Crippen LogP contribution in [0.5, 0.6) is 0 Å². The number of benzene rings is 1. The van der Waals surface area contributed by atoms with Crippen LogP contribution in [0, 0.1) is 0 Å². The summed E-state index contributed by atoms with van der Waals surface area (Å²) in [5, 5.41) is 2.80. The normalized spacial score (nSPS) is 14.0. The molecular formula is C19H23N5O2. The van der Waals surface area contributed by atoms with Gasteiger partial charge in [-0.2, -0.15) is 0 Å². The smallest absolute Gasteiger partial charge is 0.258 e. The summed E-state index contributed by atoms with van der Waals surface area (Å²) in [4.78, 5) is 36.9. The van der Waals surface area contributed by atoms with Gasteiger partial charge >= 0.3 is 0 Å². The van der Waals surface area contributed by atoms with E-state index in [4.69, 9.17) is 0 Å². The second-order valence-electron chi connectivity index (χ2n) is 6.55. The maximum atomic E-state index is 12.6. The summed E-state index contributed by atoms with van der Waals surface area (Å²) in [7, 11) is 3.67. The maximum Gasteiger partial charge on any atom is 0.258 e. The van der Waals surface area contributed by atoms with Crippen molar-refractivity contribution in [3.05, 3.63) is 47.8 Å². The van der Waals surface area contributed by atoms with Crippen LogP contribution in [0.4, 0.5) is 11.6 Å². The van der Waals surface area contributed by atoms with Crippen molar-refractivity contribution in [2.24, 2.45) is 0 Å².